The van der Waals surface area contributed by atoms with Crippen molar-refractivity contribution in [2.75, 3.05) is 39.4 Å². The van der Waals surface area contributed by atoms with Gasteiger partial charge < -0.3 is 18.9 Å². The van der Waals surface area contributed by atoms with Crippen molar-refractivity contribution in [1.29, 1.82) is 0 Å². The van der Waals surface area contributed by atoms with Crippen molar-refractivity contribution in [3.8, 4) is 11.5 Å². The zero-order chi connectivity index (χ0) is 15.2. The maximum absolute atomic E-state index is 12.0. The third kappa shape index (κ3) is 3.78. The molecule has 1 amide bonds. The van der Waals surface area contributed by atoms with E-state index in [1.54, 1.807) is 30.5 Å². The molecule has 1 aliphatic rings. The van der Waals surface area contributed by atoms with Gasteiger partial charge in [-0.2, -0.15) is 0 Å². The fourth-order valence-corrected chi connectivity index (χ4v) is 2.43. The van der Waals surface area contributed by atoms with Gasteiger partial charge in [0.25, 0.3) is 5.91 Å². The van der Waals surface area contributed by atoms with E-state index in [1.807, 2.05) is 0 Å². The Morgan fingerprint density at radius 3 is 2.82 bits per heavy atom. The highest BCUT2D eigenvalue weighted by Crippen LogP contribution is 2.22. The number of nitrogens with zero attached hydrogens (tertiary/aromatic N) is 1. The van der Waals surface area contributed by atoms with E-state index in [9.17, 15) is 4.79 Å². The van der Waals surface area contributed by atoms with Gasteiger partial charge in [-0.25, -0.2) is 0 Å². The Balaban J connectivity index is 1.42. The molecule has 2 aromatic rings. The predicted octanol–water partition coefficient (Wildman–Crippen LogP) is 1.99. The summed E-state index contributed by atoms with van der Waals surface area (Å²) in [5.74, 6) is 1.28. The molecule has 0 aromatic carbocycles. The van der Waals surface area contributed by atoms with Crippen LogP contribution in [-0.2, 0) is 4.74 Å². The van der Waals surface area contributed by atoms with E-state index in [2.05, 4.69) is 10.2 Å². The standard InChI is InChI=1S/C16H20N2O4/c19-16(17-6-2-7-18-8-11-20-12-9-18)15-5-4-14(22-15)13-3-1-10-21-13/h1,3-5,10H,2,6-9,11-12H2,(H,17,19). The van der Waals surface area contributed by atoms with E-state index < -0.39 is 0 Å². The first-order valence-corrected chi connectivity index (χ1v) is 7.55. The third-order valence-corrected chi connectivity index (χ3v) is 3.63. The van der Waals surface area contributed by atoms with Crippen LogP contribution in [0.15, 0.2) is 39.4 Å². The predicted molar refractivity (Wildman–Crippen MR) is 80.6 cm³/mol. The topological polar surface area (TPSA) is 67.9 Å². The number of morpholine rings is 1. The molecule has 0 aliphatic carbocycles. The van der Waals surface area contributed by atoms with Crippen molar-refractivity contribution in [3.63, 3.8) is 0 Å². The maximum atomic E-state index is 12.0. The fourth-order valence-electron chi connectivity index (χ4n) is 2.43. The zero-order valence-electron chi connectivity index (χ0n) is 12.4. The van der Waals surface area contributed by atoms with Gasteiger partial charge in [-0.3, -0.25) is 9.69 Å². The molecule has 1 fully saturated rings. The summed E-state index contributed by atoms with van der Waals surface area (Å²) in [5.41, 5.74) is 0. The van der Waals surface area contributed by atoms with Gasteiger partial charge in [0.1, 0.15) is 0 Å². The van der Waals surface area contributed by atoms with Crippen LogP contribution in [0.4, 0.5) is 0 Å². The Labute approximate surface area is 129 Å². The molecule has 1 N–H and O–H groups in total. The monoisotopic (exact) mass is 304 g/mol. The minimum atomic E-state index is -0.195. The van der Waals surface area contributed by atoms with Gasteiger partial charge in [-0.1, -0.05) is 0 Å². The van der Waals surface area contributed by atoms with Crippen molar-refractivity contribution in [2.45, 2.75) is 6.42 Å². The molecular weight excluding hydrogens is 284 g/mol. The molecule has 22 heavy (non-hydrogen) atoms. The highest BCUT2D eigenvalue weighted by Gasteiger charge is 2.14. The van der Waals surface area contributed by atoms with Crippen LogP contribution in [0.25, 0.3) is 11.5 Å². The van der Waals surface area contributed by atoms with Gasteiger partial charge in [-0.05, 0) is 37.2 Å². The Morgan fingerprint density at radius 1 is 1.18 bits per heavy atom. The van der Waals surface area contributed by atoms with Crippen LogP contribution in [0.3, 0.4) is 0 Å². The molecule has 0 saturated carbocycles. The molecule has 6 heteroatoms. The lowest BCUT2D eigenvalue weighted by atomic mass is 10.3. The number of carbonyl (C=O) groups excluding carboxylic acids is 1. The second-order valence-corrected chi connectivity index (χ2v) is 5.20. The average Bonchev–Trinajstić information content (AvgIpc) is 3.22. The molecular formula is C16H20N2O4. The number of ether oxygens (including phenoxy) is 1. The Hall–Kier alpha value is -2.05. The molecule has 6 nitrogen and oxygen atoms in total. The Morgan fingerprint density at radius 2 is 2.05 bits per heavy atom. The van der Waals surface area contributed by atoms with E-state index >= 15 is 0 Å². The first-order valence-electron chi connectivity index (χ1n) is 7.55. The summed E-state index contributed by atoms with van der Waals surface area (Å²) in [6.45, 7) is 5.15. The third-order valence-electron chi connectivity index (χ3n) is 3.63. The molecule has 0 atom stereocenters. The lowest BCUT2D eigenvalue weighted by molar-refractivity contribution is 0.0374. The number of carbonyl (C=O) groups is 1. The Bertz CT molecular complexity index is 585. The first-order chi connectivity index (χ1) is 10.8. The average molecular weight is 304 g/mol. The smallest absolute Gasteiger partial charge is 0.287 e. The SMILES string of the molecule is O=C(NCCCN1CCOCC1)c1ccc(-c2ccco2)o1. The summed E-state index contributed by atoms with van der Waals surface area (Å²) in [4.78, 5) is 14.4. The maximum Gasteiger partial charge on any atom is 0.287 e. The summed E-state index contributed by atoms with van der Waals surface area (Å²) < 4.78 is 16.0. The van der Waals surface area contributed by atoms with Gasteiger partial charge in [-0.15, -0.1) is 0 Å². The van der Waals surface area contributed by atoms with Crippen LogP contribution >= 0.6 is 0 Å². The highest BCUT2D eigenvalue weighted by molar-refractivity contribution is 5.91. The molecule has 0 radical (unpaired) electrons. The summed E-state index contributed by atoms with van der Waals surface area (Å²) in [6, 6.07) is 6.97. The van der Waals surface area contributed by atoms with E-state index in [-0.39, 0.29) is 5.91 Å². The minimum absolute atomic E-state index is 0.195. The van der Waals surface area contributed by atoms with Crippen molar-refractivity contribution in [2.24, 2.45) is 0 Å². The van der Waals surface area contributed by atoms with E-state index in [0.29, 0.717) is 23.8 Å². The highest BCUT2D eigenvalue weighted by atomic mass is 16.5. The van der Waals surface area contributed by atoms with Crippen LogP contribution < -0.4 is 5.32 Å². The van der Waals surface area contributed by atoms with Crippen LogP contribution in [0, 0.1) is 0 Å². The molecule has 0 spiro atoms. The van der Waals surface area contributed by atoms with Gasteiger partial charge in [0.15, 0.2) is 17.3 Å². The summed E-state index contributed by atoms with van der Waals surface area (Å²) in [6.07, 6.45) is 2.49. The molecule has 1 aliphatic heterocycles. The quantitative estimate of drug-likeness (QED) is 0.827. The summed E-state index contributed by atoms with van der Waals surface area (Å²) in [5, 5.41) is 2.88. The Kier molecular flexibility index (Phi) is 4.92. The van der Waals surface area contributed by atoms with Crippen LogP contribution in [0.1, 0.15) is 17.0 Å². The largest absolute Gasteiger partial charge is 0.461 e. The van der Waals surface area contributed by atoms with E-state index in [1.165, 1.54) is 0 Å². The van der Waals surface area contributed by atoms with Gasteiger partial charge in [0.05, 0.1) is 19.5 Å². The van der Waals surface area contributed by atoms with Crippen molar-refractivity contribution < 1.29 is 18.4 Å². The van der Waals surface area contributed by atoms with Crippen molar-refractivity contribution >= 4 is 5.91 Å². The second-order valence-electron chi connectivity index (χ2n) is 5.20. The van der Waals surface area contributed by atoms with Gasteiger partial charge in [0, 0.05) is 19.6 Å². The van der Waals surface area contributed by atoms with Crippen molar-refractivity contribution in [1.82, 2.24) is 10.2 Å². The van der Waals surface area contributed by atoms with Crippen LogP contribution in [0.2, 0.25) is 0 Å². The normalized spacial score (nSPS) is 15.8. The van der Waals surface area contributed by atoms with Crippen molar-refractivity contribution in [3.05, 3.63) is 36.3 Å². The molecule has 3 heterocycles. The number of amides is 1. The minimum Gasteiger partial charge on any atom is -0.461 e. The lowest BCUT2D eigenvalue weighted by Gasteiger charge is -2.26. The fraction of sp³-hybridized carbons (Fsp3) is 0.438. The number of hydrogen-bond donors (Lipinski definition) is 1. The number of nitrogens with one attached hydrogen (secondary N) is 1. The molecule has 0 bridgehead atoms. The number of rotatable bonds is 6. The van der Waals surface area contributed by atoms with Crippen LogP contribution in [-0.4, -0.2) is 50.2 Å². The van der Waals surface area contributed by atoms with Gasteiger partial charge >= 0.3 is 0 Å². The van der Waals surface area contributed by atoms with E-state index in [0.717, 1.165) is 39.3 Å². The van der Waals surface area contributed by atoms with Crippen LogP contribution in [0.5, 0.6) is 0 Å². The second kappa shape index (κ2) is 7.29. The lowest BCUT2D eigenvalue weighted by Crippen LogP contribution is -2.38. The molecule has 0 unspecified atom stereocenters. The first kappa shape index (κ1) is 14.9. The summed E-state index contributed by atoms with van der Waals surface area (Å²) in [7, 11) is 0. The molecule has 118 valence electrons. The van der Waals surface area contributed by atoms with Gasteiger partial charge in [0.2, 0.25) is 0 Å². The number of hydrogen-bond acceptors (Lipinski definition) is 5. The molecule has 1 saturated heterocycles. The number of furan rings is 2. The summed E-state index contributed by atoms with van der Waals surface area (Å²) >= 11 is 0. The zero-order valence-corrected chi connectivity index (χ0v) is 12.4. The van der Waals surface area contributed by atoms with E-state index in [4.69, 9.17) is 13.6 Å². The molecule has 2 aromatic heterocycles. The molecule has 3 rings (SSSR count).